The van der Waals surface area contributed by atoms with E-state index in [4.69, 9.17) is 37.6 Å². The number of aliphatic hydroxyl groups excluding tert-OH is 1. The maximum Gasteiger partial charge on any atom is 0.335 e. The molecule has 0 aromatic carbocycles. The van der Waals surface area contributed by atoms with E-state index < -0.39 is 125 Å². The average Bonchev–Trinajstić information content (AvgIpc) is 3.86. The number of fused-ring (bicyclic) bond motifs is 3. The molecular formula is C41H58O16. The van der Waals surface area contributed by atoms with Crippen LogP contribution in [0.1, 0.15) is 99.0 Å². The third-order valence-corrected chi connectivity index (χ3v) is 13.8. The van der Waals surface area contributed by atoms with Gasteiger partial charge in [0.15, 0.2) is 6.10 Å². The van der Waals surface area contributed by atoms with Crippen molar-refractivity contribution in [2.75, 3.05) is 13.7 Å². The number of carbonyl (C=O) groups excluding carboxylic acids is 5. The van der Waals surface area contributed by atoms with Gasteiger partial charge in [0.05, 0.1) is 56.0 Å². The molecule has 318 valence electrons. The fourth-order valence-corrected chi connectivity index (χ4v) is 10.2. The van der Waals surface area contributed by atoms with E-state index in [1.165, 1.54) is 19.6 Å². The molecule has 0 spiro atoms. The van der Waals surface area contributed by atoms with Gasteiger partial charge < -0.3 is 52.9 Å². The molecule has 16 nitrogen and oxygen atoms in total. The Hall–Kier alpha value is -3.83. The molecule has 0 amide bonds. The van der Waals surface area contributed by atoms with Crippen molar-refractivity contribution < 1.29 is 76.9 Å². The molecule has 3 N–H and O–H groups in total. The van der Waals surface area contributed by atoms with Crippen LogP contribution in [0.3, 0.4) is 0 Å². The summed E-state index contributed by atoms with van der Waals surface area (Å²) in [6, 6.07) is 1.65. The Kier molecular flexibility index (Phi) is 12.5. The van der Waals surface area contributed by atoms with Crippen LogP contribution in [-0.2, 0) is 57.1 Å². The molecule has 2 saturated carbocycles. The van der Waals surface area contributed by atoms with E-state index in [0.29, 0.717) is 18.4 Å². The minimum Gasteiger partial charge on any atom is -0.472 e. The number of carbonyl (C=O) groups is 5. The van der Waals surface area contributed by atoms with Crippen molar-refractivity contribution in [2.24, 2.45) is 34.5 Å². The van der Waals surface area contributed by atoms with Crippen LogP contribution in [0.15, 0.2) is 35.2 Å². The fourth-order valence-electron chi connectivity index (χ4n) is 10.2. The SMILES string of the molecule is C=C1C([C@@]2(C)[C@@H](OC(C)=O)C[C@@]3(O)OC[C@](C)(O3)[C@@H]2CC(=O)OC)[C@@H](OC=O)[C@H](OC(=O)[C@@H](O)[C@@H](C)CC)[C@@]2(C)[C@H](c3ccoc3)C[C@@H](OC(=O)[C@H](C)CC)[C@]12O. The highest BCUT2D eigenvalue weighted by molar-refractivity contribution is 5.75. The van der Waals surface area contributed by atoms with Crippen LogP contribution in [0.5, 0.6) is 0 Å². The monoisotopic (exact) mass is 806 g/mol. The van der Waals surface area contributed by atoms with E-state index in [2.05, 4.69) is 6.58 Å². The summed E-state index contributed by atoms with van der Waals surface area (Å²) in [7, 11) is 1.18. The highest BCUT2D eigenvalue weighted by atomic mass is 16.9. The first-order chi connectivity index (χ1) is 26.6. The topological polar surface area (TPSA) is 224 Å². The van der Waals surface area contributed by atoms with E-state index in [1.807, 2.05) is 0 Å². The lowest BCUT2D eigenvalue weighted by Crippen LogP contribution is -2.72. The van der Waals surface area contributed by atoms with Crippen molar-refractivity contribution in [3.8, 4) is 0 Å². The van der Waals surface area contributed by atoms with Crippen LogP contribution in [0, 0.1) is 34.5 Å². The van der Waals surface area contributed by atoms with Gasteiger partial charge in [0, 0.05) is 30.1 Å². The van der Waals surface area contributed by atoms with E-state index >= 15 is 0 Å². The molecule has 2 bridgehead atoms. The van der Waals surface area contributed by atoms with Crippen LogP contribution >= 0.6 is 0 Å². The zero-order valence-electron chi connectivity index (χ0n) is 34.2. The number of aliphatic hydroxyl groups is 3. The maximum atomic E-state index is 14.1. The zero-order chi connectivity index (χ0) is 42.5. The van der Waals surface area contributed by atoms with Crippen molar-refractivity contribution in [1.29, 1.82) is 0 Å². The summed E-state index contributed by atoms with van der Waals surface area (Å²) in [5, 5.41) is 36.6. The smallest absolute Gasteiger partial charge is 0.335 e. The lowest BCUT2D eigenvalue weighted by molar-refractivity contribution is -0.328. The zero-order valence-corrected chi connectivity index (χ0v) is 34.2. The molecule has 2 aliphatic heterocycles. The highest BCUT2D eigenvalue weighted by Gasteiger charge is 2.79. The number of hydrogen-bond donors (Lipinski definition) is 3. The summed E-state index contributed by atoms with van der Waals surface area (Å²) < 4.78 is 47.1. The van der Waals surface area contributed by atoms with Gasteiger partial charge in [-0.1, -0.05) is 54.5 Å². The quantitative estimate of drug-likeness (QED) is 0.106. The molecule has 57 heavy (non-hydrogen) atoms. The molecule has 16 heteroatoms. The standard InChI is InChI=1S/C41H58O16/c1-11-21(3)32(45)36(47)56-34-33(52-20-42)31(38(8)27(16-30(44)50-10)37(7)19-53-40(48,57-37)17-29(38)54-24(6)43)23(5)41(49)28(55-35(46)22(4)12-2)15-26(39(34,41)9)25-13-14-51-18-25/h13-14,18,20-22,26-29,31-34,45,48-49H,5,11-12,15-17,19H2,1-4,6-10H3/t21-,22+,26-,27-,28+,29-,31?,32-,33+,34-,37-,38+,39+,40+,41+/m0/s1. The first-order valence-corrected chi connectivity index (χ1v) is 19.6. The van der Waals surface area contributed by atoms with Gasteiger partial charge >= 0.3 is 23.9 Å². The van der Waals surface area contributed by atoms with Crippen molar-refractivity contribution >= 4 is 30.3 Å². The summed E-state index contributed by atoms with van der Waals surface area (Å²) in [6.45, 7) is 17.2. The fraction of sp³-hybridized carbons (Fsp3) is 0.732. The largest absolute Gasteiger partial charge is 0.472 e. The van der Waals surface area contributed by atoms with Crippen molar-refractivity contribution in [3.05, 3.63) is 36.3 Å². The number of ether oxygens (including phenoxy) is 7. The van der Waals surface area contributed by atoms with Crippen LogP contribution in [-0.4, -0.2) is 107 Å². The van der Waals surface area contributed by atoms with Crippen LogP contribution in [0.4, 0.5) is 0 Å². The second-order valence-electron chi connectivity index (χ2n) is 16.9. The van der Waals surface area contributed by atoms with E-state index in [-0.39, 0.29) is 25.1 Å². The molecule has 3 heterocycles. The van der Waals surface area contributed by atoms with E-state index in [0.717, 1.165) is 6.92 Å². The summed E-state index contributed by atoms with van der Waals surface area (Å²) in [6.07, 6.45) is -5.04. The maximum absolute atomic E-state index is 14.1. The lowest BCUT2D eigenvalue weighted by Gasteiger charge is -2.62. The Labute approximate surface area is 332 Å². The van der Waals surface area contributed by atoms with Crippen LogP contribution in [0.2, 0.25) is 0 Å². The van der Waals surface area contributed by atoms with Gasteiger partial charge in [0.2, 0.25) is 0 Å². The summed E-state index contributed by atoms with van der Waals surface area (Å²) in [5.41, 5.74) is -6.89. The molecule has 4 aliphatic rings. The van der Waals surface area contributed by atoms with Gasteiger partial charge in [-0.3, -0.25) is 19.2 Å². The first kappa shape index (κ1) is 44.3. The predicted octanol–water partition coefficient (Wildman–Crippen LogP) is 3.48. The summed E-state index contributed by atoms with van der Waals surface area (Å²) in [4.78, 5) is 66.9. The Balaban J connectivity index is 1.87. The van der Waals surface area contributed by atoms with Gasteiger partial charge in [-0.15, -0.1) is 0 Å². The second kappa shape index (κ2) is 16.1. The number of hydrogen-bond acceptors (Lipinski definition) is 16. The Morgan fingerprint density at radius 1 is 1.04 bits per heavy atom. The van der Waals surface area contributed by atoms with Gasteiger partial charge in [0.25, 0.3) is 12.4 Å². The third-order valence-electron chi connectivity index (χ3n) is 13.8. The molecule has 4 fully saturated rings. The highest BCUT2D eigenvalue weighted by Crippen LogP contribution is 2.70. The minimum absolute atomic E-state index is 0.0552. The number of rotatable bonds is 14. The first-order valence-electron chi connectivity index (χ1n) is 19.6. The predicted molar refractivity (Wildman–Crippen MR) is 196 cm³/mol. The number of esters is 4. The molecule has 1 aromatic rings. The van der Waals surface area contributed by atoms with Crippen LogP contribution in [0.25, 0.3) is 0 Å². The van der Waals surface area contributed by atoms with Crippen molar-refractivity contribution in [3.63, 3.8) is 0 Å². The van der Waals surface area contributed by atoms with Crippen molar-refractivity contribution in [2.45, 2.75) is 141 Å². The van der Waals surface area contributed by atoms with Crippen LogP contribution < -0.4 is 0 Å². The normalized spacial score (nSPS) is 40.1. The lowest BCUT2D eigenvalue weighted by atomic mass is 9.46. The van der Waals surface area contributed by atoms with E-state index in [1.54, 1.807) is 54.5 Å². The Bertz CT molecular complexity index is 1690. The molecular weight excluding hydrogens is 748 g/mol. The number of methoxy groups -OCH3 is 1. The Morgan fingerprint density at radius 2 is 1.72 bits per heavy atom. The van der Waals surface area contributed by atoms with Gasteiger partial charge in [-0.25, -0.2) is 4.79 Å². The van der Waals surface area contributed by atoms with Gasteiger partial charge in [-0.05, 0) is 42.9 Å². The molecule has 0 radical (unpaired) electrons. The van der Waals surface area contributed by atoms with Gasteiger partial charge in [-0.2, -0.15) is 0 Å². The summed E-state index contributed by atoms with van der Waals surface area (Å²) >= 11 is 0. The minimum atomic E-state index is -2.34. The molecule has 1 unspecified atom stereocenters. The van der Waals surface area contributed by atoms with Crippen molar-refractivity contribution in [1.82, 2.24) is 0 Å². The van der Waals surface area contributed by atoms with Gasteiger partial charge in [0.1, 0.15) is 30.0 Å². The molecule has 2 saturated heterocycles. The molecule has 5 rings (SSSR count). The third kappa shape index (κ3) is 7.19. The number of furan rings is 1. The Morgan fingerprint density at radius 3 is 2.28 bits per heavy atom. The molecule has 15 atom stereocenters. The summed E-state index contributed by atoms with van der Waals surface area (Å²) in [5.74, 6) is -10.1. The molecule has 1 aromatic heterocycles. The van der Waals surface area contributed by atoms with E-state index in [9.17, 15) is 39.3 Å². The second-order valence-corrected chi connectivity index (χ2v) is 16.9. The average molecular weight is 807 g/mol. The molecule has 2 aliphatic carbocycles.